The highest BCUT2D eigenvalue weighted by Crippen LogP contribution is 2.29. The summed E-state index contributed by atoms with van der Waals surface area (Å²) in [6.07, 6.45) is 4.05. The van der Waals surface area contributed by atoms with Gasteiger partial charge in [0.2, 0.25) is 0 Å². The Morgan fingerprint density at radius 2 is 1.79 bits per heavy atom. The van der Waals surface area contributed by atoms with Crippen LogP contribution in [-0.4, -0.2) is 25.5 Å². The Morgan fingerprint density at radius 3 is 2.36 bits per heavy atom. The van der Waals surface area contributed by atoms with Gasteiger partial charge in [0.05, 0.1) is 11.5 Å². The van der Waals surface area contributed by atoms with Gasteiger partial charge in [-0.2, -0.15) is 0 Å². The number of nitrogens with zero attached hydrogens (tertiary/aromatic N) is 1. The summed E-state index contributed by atoms with van der Waals surface area (Å²) in [6.45, 7) is 4.72. The molecule has 2 aromatic carbocycles. The number of hydrogen-bond donors (Lipinski definition) is 0. The van der Waals surface area contributed by atoms with Crippen molar-refractivity contribution in [3.05, 3.63) is 77.6 Å². The number of carbonyl (C=O) groups excluding carboxylic acids is 1. The van der Waals surface area contributed by atoms with Crippen molar-refractivity contribution < 1.29 is 17.9 Å². The maximum absolute atomic E-state index is 12.6. The molecular weight excluding hydrogens is 398 g/mol. The number of ether oxygens (including phenoxy) is 1. The Hall–Kier alpha value is -2.57. The fraction of sp³-hybridized carbons (Fsp3) is 0.190. The zero-order valence-electron chi connectivity index (χ0n) is 15.7. The highest BCUT2D eigenvalue weighted by Gasteiger charge is 2.17. The Bertz CT molecular complexity index is 1010. The monoisotopic (exact) mass is 419 g/mol. The quantitative estimate of drug-likeness (QED) is 0.539. The van der Waals surface area contributed by atoms with E-state index in [0.29, 0.717) is 18.1 Å². The highest BCUT2D eigenvalue weighted by atomic mass is 35.5. The molecule has 28 heavy (non-hydrogen) atoms. The molecule has 0 spiro atoms. The lowest BCUT2D eigenvalue weighted by atomic mass is 10.0. The van der Waals surface area contributed by atoms with E-state index in [9.17, 15) is 13.2 Å². The zero-order valence-corrected chi connectivity index (χ0v) is 17.3. The first kappa shape index (κ1) is 21.7. The number of carbonyl (C=O) groups is 1. The average molecular weight is 420 g/mol. The van der Waals surface area contributed by atoms with Gasteiger partial charge in [0.15, 0.2) is 0 Å². The number of rotatable bonds is 6. The molecule has 0 aliphatic heterocycles. The summed E-state index contributed by atoms with van der Waals surface area (Å²) < 4.78 is 30.7. The molecule has 0 aliphatic rings. The third kappa shape index (κ3) is 5.24. The number of benzene rings is 2. The normalized spacial score (nSPS) is 10.7. The van der Waals surface area contributed by atoms with Crippen LogP contribution in [0.25, 0.3) is 11.1 Å². The molecular formula is C21H22ClNO4S. The number of halogens is 1. The molecule has 3 rings (SSSR count). The summed E-state index contributed by atoms with van der Waals surface area (Å²) in [5.74, 6) is 0. The minimum Gasteiger partial charge on any atom is -0.468 e. The molecule has 0 N–H and O–H groups in total. The summed E-state index contributed by atoms with van der Waals surface area (Å²) in [5, 5.41) is 0.635. The Morgan fingerprint density at radius 1 is 1.07 bits per heavy atom. The molecule has 1 heterocycles. The van der Waals surface area contributed by atoms with Gasteiger partial charge in [-0.25, -0.2) is 12.4 Å². The van der Waals surface area contributed by atoms with E-state index in [1.165, 1.54) is 3.97 Å². The van der Waals surface area contributed by atoms with Gasteiger partial charge in [0, 0.05) is 23.0 Å². The fourth-order valence-corrected chi connectivity index (χ4v) is 3.98. The molecule has 0 saturated carbocycles. The highest BCUT2D eigenvalue weighted by molar-refractivity contribution is 7.90. The summed E-state index contributed by atoms with van der Waals surface area (Å²) in [4.78, 5) is 9.45. The Balaban J connectivity index is 0.000000500. The molecule has 1 aromatic heterocycles. The van der Waals surface area contributed by atoms with E-state index in [1.54, 1.807) is 55.7 Å². The van der Waals surface area contributed by atoms with Gasteiger partial charge in [-0.05, 0) is 54.8 Å². The minimum atomic E-state index is -3.57. The molecule has 148 valence electrons. The van der Waals surface area contributed by atoms with Crippen LogP contribution >= 0.6 is 11.6 Å². The van der Waals surface area contributed by atoms with Crippen LogP contribution in [0, 0.1) is 0 Å². The van der Waals surface area contributed by atoms with E-state index in [2.05, 4.69) is 11.7 Å². The first-order valence-corrected chi connectivity index (χ1v) is 10.6. The lowest BCUT2D eigenvalue weighted by molar-refractivity contribution is -0.128. The fourth-order valence-electron chi connectivity index (χ4n) is 2.59. The van der Waals surface area contributed by atoms with Crippen molar-refractivity contribution in [1.82, 2.24) is 3.97 Å². The van der Waals surface area contributed by atoms with Crippen LogP contribution in [0.4, 0.5) is 0 Å². The maximum Gasteiger partial charge on any atom is 0.293 e. The van der Waals surface area contributed by atoms with Gasteiger partial charge in [0.25, 0.3) is 16.5 Å². The van der Waals surface area contributed by atoms with Crippen LogP contribution in [0.2, 0.25) is 5.02 Å². The van der Waals surface area contributed by atoms with E-state index in [0.717, 1.165) is 23.1 Å². The van der Waals surface area contributed by atoms with Crippen LogP contribution in [-0.2, 0) is 26.0 Å². The molecule has 0 bridgehead atoms. The zero-order chi connectivity index (χ0) is 20.6. The van der Waals surface area contributed by atoms with E-state index in [-0.39, 0.29) is 4.90 Å². The summed E-state index contributed by atoms with van der Waals surface area (Å²) in [7, 11) is -3.57. The van der Waals surface area contributed by atoms with Crippen molar-refractivity contribution >= 4 is 28.1 Å². The second-order valence-electron chi connectivity index (χ2n) is 5.75. The van der Waals surface area contributed by atoms with Crippen molar-refractivity contribution in [2.75, 3.05) is 6.61 Å². The average Bonchev–Trinajstić information content (AvgIpc) is 3.21. The molecule has 0 unspecified atom stereocenters. The molecule has 0 fully saturated rings. The third-order valence-electron chi connectivity index (χ3n) is 3.98. The van der Waals surface area contributed by atoms with E-state index < -0.39 is 10.0 Å². The third-order valence-corrected chi connectivity index (χ3v) is 5.87. The largest absolute Gasteiger partial charge is 0.468 e. The summed E-state index contributed by atoms with van der Waals surface area (Å²) in [6, 6.07) is 15.9. The van der Waals surface area contributed by atoms with Crippen LogP contribution in [0.5, 0.6) is 0 Å². The van der Waals surface area contributed by atoms with Crippen molar-refractivity contribution in [3.8, 4) is 11.1 Å². The standard InChI is InChI=1S/C18H16ClNO2S.C3H6O2/c1-2-14-8-9-16(19)12-18(14)15-10-11-20(13-15)23(21,22)17-6-4-3-5-7-17;1-2-5-3-4/h3-13H,2H2,1H3;3H,2H2,1H3. The predicted molar refractivity (Wildman–Crippen MR) is 111 cm³/mol. The van der Waals surface area contributed by atoms with Crippen LogP contribution < -0.4 is 0 Å². The van der Waals surface area contributed by atoms with E-state index in [1.807, 2.05) is 18.2 Å². The molecule has 7 heteroatoms. The van der Waals surface area contributed by atoms with Crippen molar-refractivity contribution in [1.29, 1.82) is 0 Å². The summed E-state index contributed by atoms with van der Waals surface area (Å²) in [5.41, 5.74) is 2.93. The van der Waals surface area contributed by atoms with Crippen molar-refractivity contribution in [3.63, 3.8) is 0 Å². The predicted octanol–water partition coefficient (Wildman–Crippen LogP) is 4.79. The number of aryl methyl sites for hydroxylation is 1. The Kier molecular flexibility index (Phi) is 7.84. The topological polar surface area (TPSA) is 65.4 Å². The molecule has 0 saturated heterocycles. The first-order chi connectivity index (χ1) is 13.4. The smallest absolute Gasteiger partial charge is 0.293 e. The molecule has 5 nitrogen and oxygen atoms in total. The van der Waals surface area contributed by atoms with Gasteiger partial charge in [0.1, 0.15) is 0 Å². The minimum absolute atomic E-state index is 0.268. The second kappa shape index (κ2) is 10.1. The van der Waals surface area contributed by atoms with Gasteiger partial charge in [-0.15, -0.1) is 0 Å². The molecule has 0 amide bonds. The van der Waals surface area contributed by atoms with Crippen molar-refractivity contribution in [2.24, 2.45) is 0 Å². The lowest BCUT2D eigenvalue weighted by Gasteiger charge is -2.07. The molecule has 3 aromatic rings. The van der Waals surface area contributed by atoms with Gasteiger partial charge in [-0.3, -0.25) is 4.79 Å². The SMILES string of the molecule is CCOC=O.CCc1ccc(Cl)cc1-c1ccn(S(=O)(=O)c2ccccc2)c1. The first-order valence-electron chi connectivity index (χ1n) is 8.76. The van der Waals surface area contributed by atoms with Crippen LogP contribution in [0.3, 0.4) is 0 Å². The van der Waals surface area contributed by atoms with Crippen LogP contribution in [0.1, 0.15) is 19.4 Å². The summed E-state index contributed by atoms with van der Waals surface area (Å²) >= 11 is 6.09. The van der Waals surface area contributed by atoms with E-state index in [4.69, 9.17) is 11.6 Å². The second-order valence-corrected chi connectivity index (χ2v) is 8.03. The molecule has 0 atom stereocenters. The Labute approximate surface area is 170 Å². The van der Waals surface area contributed by atoms with Gasteiger partial charge < -0.3 is 4.74 Å². The maximum atomic E-state index is 12.6. The number of aromatic nitrogens is 1. The lowest BCUT2D eigenvalue weighted by Crippen LogP contribution is -2.10. The van der Waals surface area contributed by atoms with E-state index >= 15 is 0 Å². The molecule has 0 aliphatic carbocycles. The number of hydrogen-bond acceptors (Lipinski definition) is 4. The molecule has 0 radical (unpaired) electrons. The van der Waals surface area contributed by atoms with Gasteiger partial charge in [-0.1, -0.05) is 42.8 Å². The van der Waals surface area contributed by atoms with Gasteiger partial charge >= 0.3 is 0 Å². The van der Waals surface area contributed by atoms with Crippen molar-refractivity contribution in [2.45, 2.75) is 25.2 Å². The van der Waals surface area contributed by atoms with Crippen LogP contribution in [0.15, 0.2) is 71.9 Å².